The largest absolute Gasteiger partial charge is 0.457 e. The van der Waals surface area contributed by atoms with E-state index in [0.29, 0.717) is 22.1 Å². The summed E-state index contributed by atoms with van der Waals surface area (Å²) in [5.41, 5.74) is 1.30. The van der Waals surface area contributed by atoms with Gasteiger partial charge in [0.05, 0.1) is 5.56 Å². The average molecular weight is 349 g/mol. The van der Waals surface area contributed by atoms with Crippen molar-refractivity contribution in [3.63, 3.8) is 0 Å². The van der Waals surface area contributed by atoms with Gasteiger partial charge in [0, 0.05) is 5.02 Å². The van der Waals surface area contributed by atoms with Gasteiger partial charge < -0.3 is 9.47 Å². The normalized spacial score (nSPS) is 14.3. The van der Waals surface area contributed by atoms with Crippen LogP contribution in [-0.2, 0) is 0 Å². The minimum absolute atomic E-state index is 0.174. The minimum atomic E-state index is -0.174. The lowest BCUT2D eigenvalue weighted by molar-refractivity contribution is 0.101. The first-order valence-corrected chi connectivity index (χ1v) is 8.14. The molecule has 0 fully saturated rings. The topological polar surface area (TPSA) is 35.5 Å². The van der Waals surface area contributed by atoms with E-state index in [0.717, 1.165) is 11.3 Å². The van der Waals surface area contributed by atoms with Gasteiger partial charge in [0.15, 0.2) is 5.76 Å². The van der Waals surface area contributed by atoms with Gasteiger partial charge in [-0.15, -0.1) is 0 Å². The fraction of sp³-hybridized carbons (Fsp3) is 0. The smallest absolute Gasteiger partial charge is 0.232 e. The van der Waals surface area contributed by atoms with Gasteiger partial charge in [0.2, 0.25) is 5.78 Å². The molecule has 0 unspecified atom stereocenters. The Morgan fingerprint density at radius 3 is 2.52 bits per heavy atom. The molecule has 0 aromatic heterocycles. The minimum Gasteiger partial charge on any atom is -0.457 e. The number of allylic oxidation sites excluding steroid dienone is 1. The zero-order valence-electron chi connectivity index (χ0n) is 13.1. The first-order valence-electron chi connectivity index (χ1n) is 7.76. The SMILES string of the molecule is O=C1/C(=C/c2cccc(Oc3ccccc3)c2)Oc2ccc(Cl)cc21. The van der Waals surface area contributed by atoms with Crippen LogP contribution >= 0.6 is 11.6 Å². The molecule has 1 heterocycles. The van der Waals surface area contributed by atoms with Crippen molar-refractivity contribution in [2.45, 2.75) is 0 Å². The Kier molecular flexibility index (Phi) is 4.00. The number of carbonyl (C=O) groups excluding carboxylic acids is 1. The number of rotatable bonds is 3. The van der Waals surface area contributed by atoms with Crippen LogP contribution in [0.1, 0.15) is 15.9 Å². The quantitative estimate of drug-likeness (QED) is 0.565. The lowest BCUT2D eigenvalue weighted by Crippen LogP contribution is -1.98. The van der Waals surface area contributed by atoms with Crippen molar-refractivity contribution < 1.29 is 14.3 Å². The Morgan fingerprint density at radius 1 is 0.880 bits per heavy atom. The van der Waals surface area contributed by atoms with E-state index >= 15 is 0 Å². The molecule has 0 N–H and O–H groups in total. The first kappa shape index (κ1) is 15.5. The number of ketones is 1. The molecule has 4 heteroatoms. The maximum Gasteiger partial charge on any atom is 0.232 e. The Bertz CT molecular complexity index is 977. The lowest BCUT2D eigenvalue weighted by Gasteiger charge is -2.06. The van der Waals surface area contributed by atoms with E-state index in [1.165, 1.54) is 0 Å². The highest BCUT2D eigenvalue weighted by atomic mass is 35.5. The van der Waals surface area contributed by atoms with Crippen LogP contribution in [0.25, 0.3) is 6.08 Å². The Hall–Kier alpha value is -3.04. The molecule has 25 heavy (non-hydrogen) atoms. The summed E-state index contributed by atoms with van der Waals surface area (Å²) >= 11 is 5.95. The summed E-state index contributed by atoms with van der Waals surface area (Å²) in [6, 6.07) is 22.0. The maximum absolute atomic E-state index is 12.4. The van der Waals surface area contributed by atoms with Crippen LogP contribution < -0.4 is 9.47 Å². The first-order chi connectivity index (χ1) is 12.2. The van der Waals surface area contributed by atoms with E-state index in [2.05, 4.69) is 0 Å². The van der Waals surface area contributed by atoms with Crippen molar-refractivity contribution in [1.29, 1.82) is 0 Å². The third kappa shape index (κ3) is 3.28. The fourth-order valence-electron chi connectivity index (χ4n) is 2.61. The maximum atomic E-state index is 12.4. The molecule has 3 nitrogen and oxygen atoms in total. The molecule has 0 spiro atoms. The molecule has 4 rings (SSSR count). The number of hydrogen-bond donors (Lipinski definition) is 0. The van der Waals surface area contributed by atoms with Gasteiger partial charge in [0.25, 0.3) is 0 Å². The van der Waals surface area contributed by atoms with Crippen molar-refractivity contribution in [3.8, 4) is 17.2 Å². The van der Waals surface area contributed by atoms with E-state index in [9.17, 15) is 4.79 Å². The van der Waals surface area contributed by atoms with Crippen LogP contribution in [0.15, 0.2) is 78.6 Å². The Morgan fingerprint density at radius 2 is 1.68 bits per heavy atom. The third-order valence-electron chi connectivity index (χ3n) is 3.76. The predicted molar refractivity (Wildman–Crippen MR) is 97.3 cm³/mol. The summed E-state index contributed by atoms with van der Waals surface area (Å²) in [5, 5.41) is 0.509. The number of halogens is 1. The summed E-state index contributed by atoms with van der Waals surface area (Å²) in [5.74, 6) is 2.06. The Labute approximate surface area is 150 Å². The van der Waals surface area contributed by atoms with Crippen molar-refractivity contribution in [2.24, 2.45) is 0 Å². The van der Waals surface area contributed by atoms with E-state index < -0.39 is 0 Å². The van der Waals surface area contributed by atoms with E-state index in [1.54, 1.807) is 24.3 Å². The number of hydrogen-bond acceptors (Lipinski definition) is 3. The highest BCUT2D eigenvalue weighted by molar-refractivity contribution is 6.31. The van der Waals surface area contributed by atoms with Crippen molar-refractivity contribution in [2.75, 3.05) is 0 Å². The van der Waals surface area contributed by atoms with Crippen molar-refractivity contribution >= 4 is 23.5 Å². The fourth-order valence-corrected chi connectivity index (χ4v) is 2.78. The molecule has 3 aromatic carbocycles. The summed E-state index contributed by atoms with van der Waals surface area (Å²) in [6.07, 6.45) is 1.70. The highest BCUT2D eigenvalue weighted by Crippen LogP contribution is 2.34. The molecule has 0 saturated carbocycles. The predicted octanol–water partition coefficient (Wildman–Crippen LogP) is 5.75. The van der Waals surface area contributed by atoms with Gasteiger partial charge in [-0.05, 0) is 54.1 Å². The molecule has 0 amide bonds. The standard InChI is InChI=1S/C21H13ClO3/c22-15-9-10-19-18(13-15)21(23)20(25-19)12-14-5-4-8-17(11-14)24-16-6-2-1-3-7-16/h1-13H/b20-12-. The molecule has 1 aliphatic rings. The van der Waals surface area contributed by atoms with Gasteiger partial charge in [-0.3, -0.25) is 4.79 Å². The summed E-state index contributed by atoms with van der Waals surface area (Å²) in [6.45, 7) is 0. The van der Waals surface area contributed by atoms with Crippen LogP contribution in [0.3, 0.4) is 0 Å². The van der Waals surface area contributed by atoms with Crippen LogP contribution in [-0.4, -0.2) is 5.78 Å². The molecule has 122 valence electrons. The van der Waals surface area contributed by atoms with Gasteiger partial charge in [-0.1, -0.05) is 41.9 Å². The van der Waals surface area contributed by atoms with Gasteiger partial charge >= 0.3 is 0 Å². The number of para-hydroxylation sites is 1. The Balaban J connectivity index is 1.60. The molecule has 0 aliphatic carbocycles. The molecule has 0 bridgehead atoms. The second-order valence-electron chi connectivity index (χ2n) is 5.57. The summed E-state index contributed by atoms with van der Waals surface area (Å²) < 4.78 is 11.5. The van der Waals surface area contributed by atoms with Gasteiger partial charge in [0.1, 0.15) is 17.2 Å². The number of ether oxygens (including phenoxy) is 2. The highest BCUT2D eigenvalue weighted by Gasteiger charge is 2.27. The zero-order valence-corrected chi connectivity index (χ0v) is 13.9. The number of fused-ring (bicyclic) bond motifs is 1. The molecular formula is C21H13ClO3. The molecule has 1 aliphatic heterocycles. The van der Waals surface area contributed by atoms with Gasteiger partial charge in [-0.2, -0.15) is 0 Å². The average Bonchev–Trinajstić information content (AvgIpc) is 2.92. The number of carbonyl (C=O) groups is 1. The molecule has 0 radical (unpaired) electrons. The lowest BCUT2D eigenvalue weighted by atomic mass is 10.1. The van der Waals surface area contributed by atoms with E-state index in [-0.39, 0.29) is 11.5 Å². The van der Waals surface area contributed by atoms with Gasteiger partial charge in [-0.25, -0.2) is 0 Å². The number of Topliss-reactive ketones (excluding diaryl/α,β-unsaturated/α-hetero) is 1. The third-order valence-corrected chi connectivity index (χ3v) is 4.00. The van der Waals surface area contributed by atoms with E-state index in [4.69, 9.17) is 21.1 Å². The van der Waals surface area contributed by atoms with Crippen LogP contribution in [0.5, 0.6) is 17.2 Å². The molecule has 0 saturated heterocycles. The second kappa shape index (κ2) is 6.46. The summed E-state index contributed by atoms with van der Waals surface area (Å²) in [7, 11) is 0. The van der Waals surface area contributed by atoms with Crippen LogP contribution in [0, 0.1) is 0 Å². The zero-order chi connectivity index (χ0) is 17.2. The second-order valence-corrected chi connectivity index (χ2v) is 6.00. The number of benzene rings is 3. The summed E-state index contributed by atoms with van der Waals surface area (Å²) in [4.78, 5) is 12.4. The van der Waals surface area contributed by atoms with E-state index in [1.807, 2.05) is 54.6 Å². The monoisotopic (exact) mass is 348 g/mol. The molecule has 3 aromatic rings. The van der Waals surface area contributed by atoms with Crippen molar-refractivity contribution in [3.05, 3.63) is 94.7 Å². The van der Waals surface area contributed by atoms with Crippen LogP contribution in [0.4, 0.5) is 0 Å². The molecular weight excluding hydrogens is 336 g/mol. The molecule has 0 atom stereocenters. The van der Waals surface area contributed by atoms with Crippen molar-refractivity contribution in [1.82, 2.24) is 0 Å². The van der Waals surface area contributed by atoms with Crippen LogP contribution in [0.2, 0.25) is 5.02 Å².